The lowest BCUT2D eigenvalue weighted by atomic mass is 10.0. The average Bonchev–Trinajstić information content (AvgIpc) is 3.01. The van der Waals surface area contributed by atoms with Crippen LogP contribution in [0.1, 0.15) is 51.3 Å². The molecule has 4 nitrogen and oxygen atoms in total. The smallest absolute Gasteiger partial charge is 0.250 e. The van der Waals surface area contributed by atoms with Gasteiger partial charge in [-0.3, -0.25) is 0 Å². The minimum Gasteiger partial charge on any atom is -0.309 e. The van der Waals surface area contributed by atoms with Gasteiger partial charge in [-0.25, -0.2) is 13.1 Å². The molecule has 1 aliphatic rings. The lowest BCUT2D eigenvalue weighted by Gasteiger charge is -2.24. The fourth-order valence-electron chi connectivity index (χ4n) is 2.22. The van der Waals surface area contributed by atoms with Gasteiger partial charge in [0.05, 0.1) is 0 Å². The molecule has 6 heteroatoms. The van der Waals surface area contributed by atoms with Crippen LogP contribution in [-0.4, -0.2) is 20.0 Å². The molecule has 1 aromatic heterocycles. The van der Waals surface area contributed by atoms with E-state index in [1.165, 1.54) is 24.2 Å². The summed E-state index contributed by atoms with van der Waals surface area (Å²) in [6.45, 7) is 6.68. The molecule has 0 radical (unpaired) electrons. The van der Waals surface area contributed by atoms with Crippen LogP contribution in [0.25, 0.3) is 0 Å². The average molecular weight is 316 g/mol. The van der Waals surface area contributed by atoms with E-state index in [1.807, 2.05) is 19.9 Å². The number of hydrogen-bond acceptors (Lipinski definition) is 4. The highest BCUT2D eigenvalue weighted by molar-refractivity contribution is 7.91. The summed E-state index contributed by atoms with van der Waals surface area (Å²) in [5, 5.41) is 3.40. The number of thiophene rings is 1. The van der Waals surface area contributed by atoms with E-state index in [4.69, 9.17) is 0 Å². The zero-order chi connectivity index (χ0) is 14.8. The van der Waals surface area contributed by atoms with E-state index in [0.29, 0.717) is 10.3 Å². The van der Waals surface area contributed by atoms with E-state index < -0.39 is 15.6 Å². The Morgan fingerprint density at radius 2 is 2.05 bits per heavy atom. The van der Waals surface area contributed by atoms with Crippen LogP contribution in [0.15, 0.2) is 16.3 Å². The van der Waals surface area contributed by atoms with Crippen LogP contribution in [0.5, 0.6) is 0 Å². The Bertz CT molecular complexity index is 545. The van der Waals surface area contributed by atoms with Gasteiger partial charge >= 0.3 is 0 Å². The molecule has 0 aliphatic heterocycles. The van der Waals surface area contributed by atoms with Gasteiger partial charge in [0, 0.05) is 23.0 Å². The Hall–Kier alpha value is -0.430. The van der Waals surface area contributed by atoms with Crippen molar-refractivity contribution in [2.75, 3.05) is 0 Å². The van der Waals surface area contributed by atoms with Gasteiger partial charge in [0.25, 0.3) is 10.0 Å². The number of rotatable bonds is 8. The molecule has 1 fully saturated rings. The van der Waals surface area contributed by atoms with Crippen molar-refractivity contribution in [1.82, 2.24) is 10.0 Å². The normalized spacial score (nSPS) is 16.6. The Morgan fingerprint density at radius 1 is 1.35 bits per heavy atom. The minimum atomic E-state index is -3.40. The van der Waals surface area contributed by atoms with Gasteiger partial charge < -0.3 is 5.32 Å². The summed E-state index contributed by atoms with van der Waals surface area (Å²) in [7, 11) is -3.40. The van der Waals surface area contributed by atoms with Crippen LogP contribution >= 0.6 is 11.3 Å². The first-order valence-electron chi connectivity index (χ1n) is 7.18. The molecular weight excluding hydrogens is 292 g/mol. The second-order valence-electron chi connectivity index (χ2n) is 6.12. The molecule has 20 heavy (non-hydrogen) atoms. The Labute approximate surface area is 126 Å². The third-order valence-electron chi connectivity index (χ3n) is 3.33. The van der Waals surface area contributed by atoms with Crippen LogP contribution in [0, 0.1) is 0 Å². The summed E-state index contributed by atoms with van der Waals surface area (Å²) in [6.07, 6.45) is 4.26. The quantitative estimate of drug-likeness (QED) is 0.775. The minimum absolute atomic E-state index is 0.399. The Balaban J connectivity index is 2.01. The molecule has 1 heterocycles. The van der Waals surface area contributed by atoms with Gasteiger partial charge in [-0.05, 0) is 45.2 Å². The van der Waals surface area contributed by atoms with Gasteiger partial charge in [0.1, 0.15) is 4.21 Å². The molecule has 0 atom stereocenters. The number of nitrogens with one attached hydrogen (secondary N) is 2. The fraction of sp³-hybridized carbons (Fsp3) is 0.714. The molecule has 0 saturated heterocycles. The van der Waals surface area contributed by atoms with Gasteiger partial charge in [-0.15, -0.1) is 11.3 Å². The number of hydrogen-bond donors (Lipinski definition) is 2. The zero-order valence-electron chi connectivity index (χ0n) is 12.4. The lowest BCUT2D eigenvalue weighted by Crippen LogP contribution is -2.42. The van der Waals surface area contributed by atoms with Crippen LogP contribution in [0.2, 0.25) is 0 Å². The molecule has 2 rings (SSSR count). The molecule has 1 aliphatic carbocycles. The SMILES string of the molecule is CCCC(C)(C)NS(=O)(=O)c1ccc(CNC2CC2)s1. The van der Waals surface area contributed by atoms with E-state index in [0.717, 1.165) is 24.3 Å². The van der Waals surface area contributed by atoms with Crippen molar-refractivity contribution in [1.29, 1.82) is 0 Å². The van der Waals surface area contributed by atoms with Crippen LogP contribution < -0.4 is 10.0 Å². The van der Waals surface area contributed by atoms with E-state index in [1.54, 1.807) is 6.07 Å². The summed E-state index contributed by atoms with van der Waals surface area (Å²) in [5.41, 5.74) is -0.399. The molecule has 1 aromatic rings. The van der Waals surface area contributed by atoms with Gasteiger partial charge in [-0.1, -0.05) is 13.3 Å². The topological polar surface area (TPSA) is 58.2 Å². The van der Waals surface area contributed by atoms with Crippen LogP contribution in [-0.2, 0) is 16.6 Å². The summed E-state index contributed by atoms with van der Waals surface area (Å²) < 4.78 is 27.9. The van der Waals surface area contributed by atoms with Crippen molar-refractivity contribution in [2.45, 2.75) is 68.8 Å². The summed E-state index contributed by atoms with van der Waals surface area (Å²) in [4.78, 5) is 1.07. The highest BCUT2D eigenvalue weighted by Gasteiger charge is 2.27. The van der Waals surface area contributed by atoms with E-state index in [9.17, 15) is 8.42 Å². The van der Waals surface area contributed by atoms with Crippen molar-refractivity contribution in [2.24, 2.45) is 0 Å². The van der Waals surface area contributed by atoms with Crippen molar-refractivity contribution < 1.29 is 8.42 Å². The molecular formula is C14H24N2O2S2. The fourth-order valence-corrected chi connectivity index (χ4v) is 4.97. The molecule has 0 amide bonds. The van der Waals surface area contributed by atoms with Crippen LogP contribution in [0.3, 0.4) is 0 Å². The molecule has 1 saturated carbocycles. The maximum Gasteiger partial charge on any atom is 0.250 e. The first-order valence-corrected chi connectivity index (χ1v) is 9.48. The Kier molecular flexibility index (Phi) is 4.89. The largest absolute Gasteiger partial charge is 0.309 e. The highest BCUT2D eigenvalue weighted by Crippen LogP contribution is 2.25. The maximum absolute atomic E-state index is 12.4. The van der Waals surface area contributed by atoms with E-state index in [2.05, 4.69) is 17.0 Å². The van der Waals surface area contributed by atoms with Gasteiger partial charge in [0.2, 0.25) is 0 Å². The van der Waals surface area contributed by atoms with E-state index in [-0.39, 0.29) is 0 Å². The van der Waals surface area contributed by atoms with E-state index >= 15 is 0 Å². The first kappa shape index (κ1) is 15.9. The van der Waals surface area contributed by atoms with Gasteiger partial charge in [-0.2, -0.15) is 0 Å². The summed E-state index contributed by atoms with van der Waals surface area (Å²) >= 11 is 1.36. The van der Waals surface area contributed by atoms with Crippen molar-refractivity contribution in [3.8, 4) is 0 Å². The van der Waals surface area contributed by atoms with Gasteiger partial charge in [0.15, 0.2) is 0 Å². The van der Waals surface area contributed by atoms with Crippen LogP contribution in [0.4, 0.5) is 0 Å². The lowest BCUT2D eigenvalue weighted by molar-refractivity contribution is 0.418. The molecule has 2 N–H and O–H groups in total. The summed E-state index contributed by atoms with van der Waals surface area (Å²) in [6, 6.07) is 4.25. The predicted molar refractivity (Wildman–Crippen MR) is 83.5 cm³/mol. The van der Waals surface area contributed by atoms with Crippen molar-refractivity contribution >= 4 is 21.4 Å². The van der Waals surface area contributed by atoms with Crippen molar-refractivity contribution in [3.05, 3.63) is 17.0 Å². The van der Waals surface area contributed by atoms with Crippen molar-refractivity contribution in [3.63, 3.8) is 0 Å². The second kappa shape index (κ2) is 6.13. The third kappa shape index (κ3) is 4.55. The maximum atomic E-state index is 12.4. The first-order chi connectivity index (χ1) is 9.32. The second-order valence-corrected chi connectivity index (χ2v) is 9.19. The molecule has 114 valence electrons. The monoisotopic (exact) mass is 316 g/mol. The molecule has 0 bridgehead atoms. The molecule has 0 aromatic carbocycles. The zero-order valence-corrected chi connectivity index (χ0v) is 14.0. The molecule has 0 unspecified atom stereocenters. The highest BCUT2D eigenvalue weighted by atomic mass is 32.2. The molecule has 0 spiro atoms. The third-order valence-corrected chi connectivity index (χ3v) is 6.61. The number of sulfonamides is 1. The standard InChI is InChI=1S/C14H24N2O2S2/c1-4-9-14(2,3)16-20(17,18)13-8-7-12(19-13)10-15-11-5-6-11/h7-8,11,15-16H,4-6,9-10H2,1-3H3. The Morgan fingerprint density at radius 3 is 2.65 bits per heavy atom. The predicted octanol–water partition coefficient (Wildman–Crippen LogP) is 2.86. The summed E-state index contributed by atoms with van der Waals surface area (Å²) in [5.74, 6) is 0.